The van der Waals surface area contributed by atoms with E-state index in [2.05, 4.69) is 26.3 Å². The van der Waals surface area contributed by atoms with Crippen LogP contribution in [0.4, 0.5) is 16.4 Å². The quantitative estimate of drug-likeness (QED) is 0.915. The van der Waals surface area contributed by atoms with Crippen LogP contribution in [0, 0.1) is 0 Å². The first-order valence-electron chi connectivity index (χ1n) is 8.99. The van der Waals surface area contributed by atoms with E-state index in [0.717, 1.165) is 57.0 Å². The number of aryl methyl sites for hydroxylation is 1. The number of benzene rings is 1. The molecule has 25 heavy (non-hydrogen) atoms. The molecule has 0 aliphatic carbocycles. The highest BCUT2D eigenvalue weighted by Gasteiger charge is 2.27. The highest BCUT2D eigenvalue weighted by molar-refractivity contribution is 5.93. The Morgan fingerprint density at radius 2 is 1.92 bits per heavy atom. The van der Waals surface area contributed by atoms with Crippen LogP contribution >= 0.6 is 0 Å². The monoisotopic (exact) mass is 337 g/mol. The van der Waals surface area contributed by atoms with Gasteiger partial charge in [-0.15, -0.1) is 0 Å². The third kappa shape index (κ3) is 3.43. The van der Waals surface area contributed by atoms with Crippen molar-refractivity contribution in [3.63, 3.8) is 0 Å². The smallest absolute Gasteiger partial charge is 0.322 e. The molecule has 1 fully saturated rings. The zero-order valence-electron chi connectivity index (χ0n) is 14.3. The molecule has 130 valence electrons. The molecular weight excluding hydrogens is 314 g/mol. The average Bonchev–Trinajstić information content (AvgIpc) is 2.68. The summed E-state index contributed by atoms with van der Waals surface area (Å²) in [5.41, 5.74) is 2.30. The Morgan fingerprint density at radius 1 is 1.08 bits per heavy atom. The summed E-state index contributed by atoms with van der Waals surface area (Å²) in [6.45, 7) is 2.47. The number of nitrogens with one attached hydrogen (secondary N) is 1. The molecule has 4 rings (SSSR count). The molecule has 1 aromatic carbocycles. The van der Waals surface area contributed by atoms with Crippen molar-refractivity contribution in [1.82, 2.24) is 15.3 Å². The van der Waals surface area contributed by atoms with E-state index in [9.17, 15) is 4.79 Å². The van der Waals surface area contributed by atoms with Crippen molar-refractivity contribution >= 4 is 17.7 Å². The molecule has 6 heteroatoms. The van der Waals surface area contributed by atoms with Gasteiger partial charge >= 0.3 is 6.03 Å². The van der Waals surface area contributed by atoms with Crippen LogP contribution in [0.1, 0.15) is 24.8 Å². The van der Waals surface area contributed by atoms with Crippen LogP contribution in [0.25, 0.3) is 0 Å². The van der Waals surface area contributed by atoms with Gasteiger partial charge in [0.1, 0.15) is 0 Å². The summed E-state index contributed by atoms with van der Waals surface area (Å²) in [6.07, 6.45) is 7.59. The molecule has 1 aromatic heterocycles. The molecule has 1 N–H and O–H groups in total. The molecular formula is C19H23N5O. The molecule has 0 saturated carbocycles. The van der Waals surface area contributed by atoms with Crippen molar-refractivity contribution in [3.8, 4) is 0 Å². The number of amides is 2. The number of hydrogen-bond acceptors (Lipinski definition) is 4. The number of urea groups is 1. The normalized spacial score (nSPS) is 20.1. The van der Waals surface area contributed by atoms with Gasteiger partial charge in [0, 0.05) is 43.8 Å². The molecule has 1 atom stereocenters. The standard InChI is InChI=1S/C19H23N5O/c25-19(24-13-3-7-15-6-1-2-9-17(15)24)22-16-8-4-12-23(14-16)18-20-10-5-11-21-18/h1-2,5-6,9-11,16H,3-4,7-8,12-14H2,(H,22,25)/t16-/m1/s1. The molecule has 0 unspecified atom stereocenters. The number of carbonyl (C=O) groups excluding carboxylic acids is 1. The minimum absolute atomic E-state index is 0.00739. The zero-order valence-corrected chi connectivity index (χ0v) is 14.3. The second-order valence-electron chi connectivity index (χ2n) is 6.67. The number of para-hydroxylation sites is 1. The van der Waals surface area contributed by atoms with Gasteiger partial charge in [-0.05, 0) is 43.4 Å². The summed E-state index contributed by atoms with van der Waals surface area (Å²) in [5, 5.41) is 3.22. The number of piperidine rings is 1. The maximum atomic E-state index is 12.8. The van der Waals surface area contributed by atoms with Gasteiger partial charge in [-0.1, -0.05) is 18.2 Å². The fourth-order valence-electron chi connectivity index (χ4n) is 3.73. The Balaban J connectivity index is 1.43. The van der Waals surface area contributed by atoms with Gasteiger partial charge in [-0.25, -0.2) is 14.8 Å². The van der Waals surface area contributed by atoms with Crippen molar-refractivity contribution in [3.05, 3.63) is 48.3 Å². The van der Waals surface area contributed by atoms with Crippen LogP contribution in [0.3, 0.4) is 0 Å². The summed E-state index contributed by atoms with van der Waals surface area (Å²) < 4.78 is 0. The van der Waals surface area contributed by atoms with E-state index in [1.54, 1.807) is 12.4 Å². The minimum Gasteiger partial charge on any atom is -0.339 e. The number of nitrogens with zero attached hydrogens (tertiary/aromatic N) is 4. The fraction of sp³-hybridized carbons (Fsp3) is 0.421. The van der Waals surface area contributed by atoms with E-state index in [1.807, 2.05) is 29.2 Å². The second-order valence-corrected chi connectivity index (χ2v) is 6.67. The van der Waals surface area contributed by atoms with Crippen molar-refractivity contribution in [1.29, 1.82) is 0 Å². The highest BCUT2D eigenvalue weighted by atomic mass is 16.2. The maximum Gasteiger partial charge on any atom is 0.322 e. The lowest BCUT2D eigenvalue weighted by Crippen LogP contribution is -2.52. The van der Waals surface area contributed by atoms with Crippen molar-refractivity contribution in [2.45, 2.75) is 31.7 Å². The molecule has 3 heterocycles. The van der Waals surface area contributed by atoms with Crippen LogP contribution in [0.2, 0.25) is 0 Å². The Bertz CT molecular complexity index is 736. The molecule has 0 radical (unpaired) electrons. The Morgan fingerprint density at radius 3 is 2.80 bits per heavy atom. The summed E-state index contributed by atoms with van der Waals surface area (Å²) >= 11 is 0. The number of carbonyl (C=O) groups is 1. The first-order valence-corrected chi connectivity index (χ1v) is 8.99. The molecule has 2 aliphatic rings. The first kappa shape index (κ1) is 15.9. The van der Waals surface area contributed by atoms with Gasteiger partial charge in [0.15, 0.2) is 0 Å². The third-order valence-electron chi connectivity index (χ3n) is 4.94. The lowest BCUT2D eigenvalue weighted by atomic mass is 10.0. The predicted octanol–water partition coefficient (Wildman–Crippen LogP) is 2.61. The average molecular weight is 337 g/mol. The van der Waals surface area contributed by atoms with Crippen LogP contribution in [0.5, 0.6) is 0 Å². The number of fused-ring (bicyclic) bond motifs is 1. The van der Waals surface area contributed by atoms with Gasteiger partial charge in [0.05, 0.1) is 0 Å². The van der Waals surface area contributed by atoms with E-state index in [-0.39, 0.29) is 12.1 Å². The van der Waals surface area contributed by atoms with Gasteiger partial charge in [-0.3, -0.25) is 4.90 Å². The SMILES string of the molecule is O=C(N[C@@H]1CCCN(c2ncccn2)C1)N1CCCc2ccccc21. The van der Waals surface area contributed by atoms with Crippen LogP contribution < -0.4 is 15.1 Å². The van der Waals surface area contributed by atoms with Gasteiger partial charge in [-0.2, -0.15) is 0 Å². The third-order valence-corrected chi connectivity index (χ3v) is 4.94. The largest absolute Gasteiger partial charge is 0.339 e. The van der Waals surface area contributed by atoms with Crippen molar-refractivity contribution in [2.24, 2.45) is 0 Å². The predicted molar refractivity (Wildman–Crippen MR) is 97.9 cm³/mol. The maximum absolute atomic E-state index is 12.8. The highest BCUT2D eigenvalue weighted by Crippen LogP contribution is 2.27. The summed E-state index contributed by atoms with van der Waals surface area (Å²) in [7, 11) is 0. The van der Waals surface area contributed by atoms with Gasteiger partial charge in [0.2, 0.25) is 5.95 Å². The number of rotatable bonds is 2. The summed E-state index contributed by atoms with van der Waals surface area (Å²) in [5.74, 6) is 0.741. The Hall–Kier alpha value is -2.63. The zero-order chi connectivity index (χ0) is 17.1. The summed E-state index contributed by atoms with van der Waals surface area (Å²) in [4.78, 5) is 25.5. The van der Waals surface area contributed by atoms with Crippen LogP contribution in [-0.4, -0.2) is 41.7 Å². The Labute approximate surface area is 147 Å². The molecule has 0 bridgehead atoms. The number of hydrogen-bond donors (Lipinski definition) is 1. The minimum atomic E-state index is 0.00739. The van der Waals surface area contributed by atoms with Crippen LogP contribution in [0.15, 0.2) is 42.7 Å². The van der Waals surface area contributed by atoms with E-state index in [1.165, 1.54) is 5.56 Å². The first-order chi connectivity index (χ1) is 12.3. The van der Waals surface area contributed by atoms with E-state index >= 15 is 0 Å². The van der Waals surface area contributed by atoms with Crippen molar-refractivity contribution in [2.75, 3.05) is 29.4 Å². The fourth-order valence-corrected chi connectivity index (χ4v) is 3.73. The van der Waals surface area contributed by atoms with Gasteiger partial charge in [0.25, 0.3) is 0 Å². The lowest BCUT2D eigenvalue weighted by Gasteiger charge is -2.35. The number of aromatic nitrogens is 2. The Kier molecular flexibility index (Phi) is 4.50. The topological polar surface area (TPSA) is 61.4 Å². The van der Waals surface area contributed by atoms with Crippen molar-refractivity contribution < 1.29 is 4.79 Å². The molecule has 2 aromatic rings. The lowest BCUT2D eigenvalue weighted by molar-refractivity contribution is 0.240. The number of anilines is 2. The molecule has 1 saturated heterocycles. The van der Waals surface area contributed by atoms with Gasteiger partial charge < -0.3 is 10.2 Å². The molecule has 2 aliphatic heterocycles. The molecule has 6 nitrogen and oxygen atoms in total. The molecule has 2 amide bonds. The van der Waals surface area contributed by atoms with E-state index in [4.69, 9.17) is 0 Å². The van der Waals surface area contributed by atoms with E-state index < -0.39 is 0 Å². The summed E-state index contributed by atoms with van der Waals surface area (Å²) in [6, 6.07) is 10.1. The second kappa shape index (κ2) is 7.09. The van der Waals surface area contributed by atoms with E-state index in [0.29, 0.717) is 0 Å². The van der Waals surface area contributed by atoms with Crippen LogP contribution in [-0.2, 0) is 6.42 Å². The molecule has 0 spiro atoms.